The van der Waals surface area contributed by atoms with E-state index in [0.29, 0.717) is 25.9 Å². The largest absolute Gasteiger partial charge is 0.497 e. The number of carbonyl (C=O) groups is 1. The summed E-state index contributed by atoms with van der Waals surface area (Å²) in [5, 5.41) is 2.81. The third kappa shape index (κ3) is 7.72. The number of hydrogen-bond donors (Lipinski definition) is 1. The van der Waals surface area contributed by atoms with E-state index in [-0.39, 0.29) is 12.5 Å². The van der Waals surface area contributed by atoms with Gasteiger partial charge in [0, 0.05) is 13.1 Å². The van der Waals surface area contributed by atoms with Crippen LogP contribution in [0, 0.1) is 0 Å². The molecule has 1 N–H and O–H groups in total. The molecule has 0 saturated heterocycles. The lowest BCUT2D eigenvalue weighted by Crippen LogP contribution is -2.41. The average Bonchev–Trinajstić information content (AvgIpc) is 2.65. The molecule has 0 spiro atoms. The maximum Gasteiger partial charge on any atom is 0.235 e. The standard InChI is InChI=1S/C20H30N2O4S/c1-26-19-10-6-9-18(15-19)11-13-21-20(23)16-22(27(2,24)25)14-12-17-7-4-3-5-8-17/h6-7,9-10,15H,3-5,8,11-14,16H2,1-2H3,(H,21,23). The smallest absolute Gasteiger partial charge is 0.235 e. The summed E-state index contributed by atoms with van der Waals surface area (Å²) in [6, 6.07) is 7.66. The van der Waals surface area contributed by atoms with Crippen LogP contribution in [-0.4, -0.2) is 51.6 Å². The number of methoxy groups -OCH3 is 1. The van der Waals surface area contributed by atoms with Crippen molar-refractivity contribution in [2.24, 2.45) is 0 Å². The van der Waals surface area contributed by atoms with E-state index < -0.39 is 10.0 Å². The maximum atomic E-state index is 12.2. The van der Waals surface area contributed by atoms with Crippen LogP contribution in [0.3, 0.4) is 0 Å². The summed E-state index contributed by atoms with van der Waals surface area (Å²) in [6.07, 6.45) is 9.19. The molecule has 0 saturated carbocycles. The van der Waals surface area contributed by atoms with Crippen LogP contribution >= 0.6 is 0 Å². The molecule has 2 rings (SSSR count). The molecular weight excluding hydrogens is 364 g/mol. The lowest BCUT2D eigenvalue weighted by molar-refractivity contribution is -0.121. The van der Waals surface area contributed by atoms with Crippen molar-refractivity contribution in [2.75, 3.05) is 33.0 Å². The van der Waals surface area contributed by atoms with Crippen molar-refractivity contribution < 1.29 is 17.9 Å². The van der Waals surface area contributed by atoms with Crippen LogP contribution in [0.2, 0.25) is 0 Å². The SMILES string of the molecule is COc1cccc(CCNC(=O)CN(CCC2=CCCCC2)S(C)(=O)=O)c1. The van der Waals surface area contributed by atoms with Gasteiger partial charge in [-0.2, -0.15) is 4.31 Å². The Morgan fingerprint density at radius 3 is 2.74 bits per heavy atom. The van der Waals surface area contributed by atoms with Crippen LogP contribution in [0.4, 0.5) is 0 Å². The second-order valence-corrected chi connectivity index (χ2v) is 8.89. The summed E-state index contributed by atoms with van der Waals surface area (Å²) in [6.45, 7) is 0.674. The fraction of sp³-hybridized carbons (Fsp3) is 0.550. The zero-order valence-electron chi connectivity index (χ0n) is 16.2. The van der Waals surface area contributed by atoms with E-state index in [1.165, 1.54) is 16.3 Å². The fourth-order valence-electron chi connectivity index (χ4n) is 3.15. The van der Waals surface area contributed by atoms with E-state index in [1.807, 2.05) is 24.3 Å². The van der Waals surface area contributed by atoms with E-state index >= 15 is 0 Å². The highest BCUT2D eigenvalue weighted by Crippen LogP contribution is 2.20. The average molecular weight is 395 g/mol. The topological polar surface area (TPSA) is 75.7 Å². The molecule has 1 aromatic carbocycles. The first-order valence-corrected chi connectivity index (χ1v) is 11.3. The van der Waals surface area contributed by atoms with Gasteiger partial charge in [0.05, 0.1) is 19.9 Å². The first-order chi connectivity index (χ1) is 12.9. The maximum absolute atomic E-state index is 12.2. The minimum Gasteiger partial charge on any atom is -0.497 e. The van der Waals surface area contributed by atoms with Gasteiger partial charge in [-0.1, -0.05) is 23.8 Å². The molecule has 0 heterocycles. The molecule has 0 aliphatic heterocycles. The zero-order chi connectivity index (χ0) is 19.7. The van der Waals surface area contributed by atoms with Crippen LogP contribution < -0.4 is 10.1 Å². The fourth-order valence-corrected chi connectivity index (χ4v) is 3.93. The molecule has 0 atom stereocenters. The predicted octanol–water partition coefficient (Wildman–Crippen LogP) is 2.51. The molecule has 0 bridgehead atoms. The highest BCUT2D eigenvalue weighted by molar-refractivity contribution is 7.88. The summed E-state index contributed by atoms with van der Waals surface area (Å²) < 4.78 is 30.5. The summed E-state index contributed by atoms with van der Waals surface area (Å²) >= 11 is 0. The van der Waals surface area contributed by atoms with Gasteiger partial charge in [0.15, 0.2) is 0 Å². The van der Waals surface area contributed by atoms with Gasteiger partial charge in [0.2, 0.25) is 15.9 Å². The van der Waals surface area contributed by atoms with Crippen molar-refractivity contribution in [1.82, 2.24) is 9.62 Å². The van der Waals surface area contributed by atoms with Gasteiger partial charge in [-0.3, -0.25) is 4.79 Å². The Labute approximate surface area is 162 Å². The van der Waals surface area contributed by atoms with Gasteiger partial charge in [0.1, 0.15) is 5.75 Å². The van der Waals surface area contributed by atoms with Crippen molar-refractivity contribution >= 4 is 15.9 Å². The number of rotatable bonds is 10. The van der Waals surface area contributed by atoms with Crippen molar-refractivity contribution in [2.45, 2.75) is 38.5 Å². The molecule has 27 heavy (non-hydrogen) atoms. The molecule has 0 fully saturated rings. The minimum absolute atomic E-state index is 0.135. The molecule has 1 aliphatic carbocycles. The van der Waals surface area contributed by atoms with E-state index in [0.717, 1.165) is 36.8 Å². The van der Waals surface area contributed by atoms with E-state index in [9.17, 15) is 13.2 Å². The number of sulfonamides is 1. The molecular formula is C20H30N2O4S. The van der Waals surface area contributed by atoms with Crippen molar-refractivity contribution in [3.63, 3.8) is 0 Å². The lowest BCUT2D eigenvalue weighted by Gasteiger charge is -2.21. The van der Waals surface area contributed by atoms with Crippen LogP contribution in [0.15, 0.2) is 35.9 Å². The third-order valence-electron chi connectivity index (χ3n) is 4.73. The Balaban J connectivity index is 1.81. The van der Waals surface area contributed by atoms with Gasteiger partial charge >= 0.3 is 0 Å². The number of hydrogen-bond acceptors (Lipinski definition) is 4. The van der Waals surface area contributed by atoms with Crippen LogP contribution in [0.25, 0.3) is 0 Å². The van der Waals surface area contributed by atoms with Gasteiger partial charge in [-0.15, -0.1) is 0 Å². The Kier molecular flexibility index (Phi) is 8.31. The number of nitrogens with zero attached hydrogens (tertiary/aromatic N) is 1. The minimum atomic E-state index is -3.42. The van der Waals surface area contributed by atoms with E-state index in [1.54, 1.807) is 7.11 Å². The van der Waals surface area contributed by atoms with Crippen LogP contribution in [0.5, 0.6) is 5.75 Å². The summed E-state index contributed by atoms with van der Waals surface area (Å²) in [7, 11) is -1.80. The third-order valence-corrected chi connectivity index (χ3v) is 5.98. The monoisotopic (exact) mass is 394 g/mol. The molecule has 150 valence electrons. The summed E-state index contributed by atoms with van der Waals surface area (Å²) in [4.78, 5) is 12.2. The highest BCUT2D eigenvalue weighted by Gasteiger charge is 2.20. The van der Waals surface area contributed by atoms with Crippen molar-refractivity contribution in [3.8, 4) is 5.75 Å². The molecule has 1 aliphatic rings. The summed E-state index contributed by atoms with van der Waals surface area (Å²) in [5.41, 5.74) is 2.35. The molecule has 0 radical (unpaired) electrons. The quantitative estimate of drug-likeness (QED) is 0.619. The number of amides is 1. The number of nitrogens with one attached hydrogen (secondary N) is 1. The Morgan fingerprint density at radius 1 is 1.26 bits per heavy atom. The Morgan fingerprint density at radius 2 is 2.07 bits per heavy atom. The first-order valence-electron chi connectivity index (χ1n) is 9.41. The zero-order valence-corrected chi connectivity index (χ0v) is 17.1. The second kappa shape index (κ2) is 10.5. The lowest BCUT2D eigenvalue weighted by atomic mass is 9.97. The van der Waals surface area contributed by atoms with Gasteiger partial charge in [-0.05, 0) is 56.2 Å². The van der Waals surface area contributed by atoms with E-state index in [2.05, 4.69) is 11.4 Å². The summed E-state index contributed by atoms with van der Waals surface area (Å²) in [5.74, 6) is 0.500. The second-order valence-electron chi connectivity index (χ2n) is 6.91. The number of allylic oxidation sites excluding steroid dienone is 1. The molecule has 0 aromatic heterocycles. The normalized spacial score (nSPS) is 14.7. The van der Waals surface area contributed by atoms with Crippen molar-refractivity contribution in [1.29, 1.82) is 0 Å². The molecule has 7 heteroatoms. The van der Waals surface area contributed by atoms with Gasteiger partial charge in [0.25, 0.3) is 0 Å². The van der Waals surface area contributed by atoms with Gasteiger partial charge < -0.3 is 10.1 Å². The Hall–Kier alpha value is -1.86. The molecule has 1 amide bonds. The highest BCUT2D eigenvalue weighted by atomic mass is 32.2. The predicted molar refractivity (Wildman–Crippen MR) is 107 cm³/mol. The van der Waals surface area contributed by atoms with Gasteiger partial charge in [-0.25, -0.2) is 8.42 Å². The first kappa shape index (κ1) is 21.4. The molecule has 1 aromatic rings. The Bertz CT molecular complexity index is 759. The van der Waals surface area contributed by atoms with E-state index in [4.69, 9.17) is 4.74 Å². The number of carbonyl (C=O) groups excluding carboxylic acids is 1. The molecule has 0 unspecified atom stereocenters. The van der Waals surface area contributed by atoms with Crippen LogP contribution in [0.1, 0.15) is 37.7 Å². The number of ether oxygens (including phenoxy) is 1. The number of benzene rings is 1. The molecule has 6 nitrogen and oxygen atoms in total. The van der Waals surface area contributed by atoms with Crippen molar-refractivity contribution in [3.05, 3.63) is 41.5 Å². The van der Waals surface area contributed by atoms with Crippen LogP contribution in [-0.2, 0) is 21.2 Å².